The summed E-state index contributed by atoms with van der Waals surface area (Å²) in [5.74, 6) is -0.442. The van der Waals surface area contributed by atoms with Crippen LogP contribution >= 0.6 is 22.6 Å². The minimum absolute atomic E-state index is 0.110. The van der Waals surface area contributed by atoms with Crippen LogP contribution in [-0.4, -0.2) is 31.9 Å². The summed E-state index contributed by atoms with van der Waals surface area (Å²) in [5, 5.41) is 20.3. The second-order valence-electron chi connectivity index (χ2n) is 7.60. The Hall–Kier alpha value is -4.13. The highest BCUT2D eigenvalue weighted by atomic mass is 127. The fourth-order valence-electron chi connectivity index (χ4n) is 3.67. The largest absolute Gasteiger partial charge is 0.277 e. The first-order valence-electron chi connectivity index (χ1n) is 10.4. The number of aliphatic imine (C=N–C) groups is 1. The average molecular weight is 582 g/mol. The molecular weight excluding hydrogens is 566 g/mol. The number of amidine groups is 1. The number of hydrogen-bond acceptors (Lipinski definition) is 6. The Morgan fingerprint density at radius 3 is 2.51 bits per heavy atom. The van der Waals surface area contributed by atoms with Crippen molar-refractivity contribution >= 4 is 45.7 Å². The van der Waals surface area contributed by atoms with E-state index in [0.717, 1.165) is 0 Å². The number of hydrogen-bond donors (Lipinski definition) is 2. The number of aromatic amines is 1. The van der Waals surface area contributed by atoms with Gasteiger partial charge in [0.15, 0.2) is 5.84 Å². The van der Waals surface area contributed by atoms with Crippen molar-refractivity contribution in [3.8, 4) is 11.3 Å². The first-order valence-corrected chi connectivity index (χ1v) is 11.6. The molecule has 0 aliphatic carbocycles. The Kier molecular flexibility index (Phi) is 5.99. The van der Waals surface area contributed by atoms with Crippen LogP contribution in [0.5, 0.6) is 0 Å². The summed E-state index contributed by atoms with van der Waals surface area (Å²) in [4.78, 5) is 28.7. The van der Waals surface area contributed by atoms with Crippen LogP contribution in [0.4, 0.5) is 15.8 Å². The smallest absolute Gasteiger partial charge is 0.270 e. The van der Waals surface area contributed by atoms with Crippen LogP contribution in [0.3, 0.4) is 0 Å². The molecule has 35 heavy (non-hydrogen) atoms. The van der Waals surface area contributed by atoms with E-state index < -0.39 is 8.97 Å². The number of non-ortho nitro benzene ring substituents is 1. The van der Waals surface area contributed by atoms with Crippen molar-refractivity contribution in [1.82, 2.24) is 20.6 Å². The van der Waals surface area contributed by atoms with E-state index in [-0.39, 0.29) is 17.4 Å². The molecule has 174 valence electrons. The monoisotopic (exact) mass is 582 g/mol. The predicted octanol–water partition coefficient (Wildman–Crippen LogP) is 5.30. The third-order valence-electron chi connectivity index (χ3n) is 5.37. The molecule has 2 heterocycles. The third kappa shape index (κ3) is 4.37. The van der Waals surface area contributed by atoms with Crippen LogP contribution in [0.2, 0.25) is 0 Å². The van der Waals surface area contributed by atoms with Crippen molar-refractivity contribution in [2.24, 2.45) is 4.99 Å². The van der Waals surface area contributed by atoms with Crippen LogP contribution in [0, 0.1) is 15.9 Å². The van der Waals surface area contributed by atoms with Crippen molar-refractivity contribution < 1.29 is 14.1 Å². The molecule has 0 fully saturated rings. The molecule has 0 spiro atoms. The van der Waals surface area contributed by atoms with Crippen LogP contribution in [0.15, 0.2) is 83.9 Å². The summed E-state index contributed by atoms with van der Waals surface area (Å²) in [5.41, 5.74) is 5.91. The molecule has 11 heteroatoms. The molecule has 0 radical (unpaired) electrons. The molecule has 1 atom stereocenters. The van der Waals surface area contributed by atoms with Gasteiger partial charge in [-0.1, -0.05) is 30.3 Å². The molecule has 1 amide bonds. The summed E-state index contributed by atoms with van der Waals surface area (Å²) >= 11 is 2.13. The van der Waals surface area contributed by atoms with E-state index in [2.05, 4.69) is 38.2 Å². The molecule has 1 aromatic heterocycles. The van der Waals surface area contributed by atoms with E-state index in [0.29, 0.717) is 39.6 Å². The number of H-pyrrole nitrogens is 1. The summed E-state index contributed by atoms with van der Waals surface area (Å²) in [7, 11) is 0. The van der Waals surface area contributed by atoms with Crippen LogP contribution in [0.25, 0.3) is 11.3 Å². The number of fused-ring (bicyclic) bond motifs is 1. The van der Waals surface area contributed by atoms with Crippen molar-refractivity contribution in [3.63, 3.8) is 0 Å². The van der Waals surface area contributed by atoms with Gasteiger partial charge in [-0.05, 0) is 59.0 Å². The molecule has 5 rings (SSSR count). The number of aromatic nitrogens is 2. The van der Waals surface area contributed by atoms with Gasteiger partial charge in [-0.25, -0.2) is 14.4 Å². The Morgan fingerprint density at radius 2 is 1.80 bits per heavy atom. The summed E-state index contributed by atoms with van der Waals surface area (Å²) in [6.45, 7) is 0. The number of alkyl halides is 1. The van der Waals surface area contributed by atoms with Gasteiger partial charge in [0.05, 0.1) is 10.6 Å². The quantitative estimate of drug-likeness (QED) is 0.109. The number of nitrogens with one attached hydrogen (secondary N) is 2. The zero-order valence-corrected chi connectivity index (χ0v) is 20.0. The van der Waals surface area contributed by atoms with Crippen LogP contribution in [-0.2, 0) is 0 Å². The van der Waals surface area contributed by atoms with Gasteiger partial charge >= 0.3 is 0 Å². The van der Waals surface area contributed by atoms with Crippen molar-refractivity contribution in [1.29, 1.82) is 0 Å². The van der Waals surface area contributed by atoms with Crippen LogP contribution < -0.4 is 5.43 Å². The van der Waals surface area contributed by atoms with Gasteiger partial charge in [0.2, 0.25) is 0 Å². The fraction of sp³-hybridized carbons (Fsp3) is 0.0417. The van der Waals surface area contributed by atoms with Gasteiger partial charge in [0.1, 0.15) is 21.2 Å². The Bertz CT molecular complexity index is 1460. The van der Waals surface area contributed by atoms with Gasteiger partial charge in [0.25, 0.3) is 11.6 Å². The van der Waals surface area contributed by atoms with Gasteiger partial charge in [-0.15, -0.1) is 0 Å². The van der Waals surface area contributed by atoms with Crippen molar-refractivity contribution in [3.05, 3.63) is 112 Å². The van der Waals surface area contributed by atoms with E-state index in [1.807, 2.05) is 6.07 Å². The summed E-state index contributed by atoms with van der Waals surface area (Å²) in [6, 6.07) is 20.6. The lowest BCUT2D eigenvalue weighted by molar-refractivity contribution is -0.384. The highest BCUT2D eigenvalue weighted by Gasteiger charge is 2.34. The lowest BCUT2D eigenvalue weighted by atomic mass is 10.1. The number of carbonyl (C=O) groups is 1. The number of nitro groups is 1. The van der Waals surface area contributed by atoms with E-state index in [1.54, 1.807) is 53.5 Å². The first kappa shape index (κ1) is 22.7. The van der Waals surface area contributed by atoms with E-state index in [4.69, 9.17) is 4.99 Å². The molecule has 0 saturated carbocycles. The van der Waals surface area contributed by atoms with Crippen LogP contribution in [0.1, 0.15) is 25.7 Å². The number of amides is 1. The minimum Gasteiger partial charge on any atom is -0.277 e. The zero-order valence-electron chi connectivity index (χ0n) is 17.9. The zero-order chi connectivity index (χ0) is 24.5. The molecular formula is C24H16FIN6O3. The van der Waals surface area contributed by atoms with Gasteiger partial charge in [0, 0.05) is 28.8 Å². The Balaban J connectivity index is 1.63. The Labute approximate surface area is 212 Å². The topological polar surface area (TPSA) is 117 Å². The molecule has 1 aliphatic rings. The molecule has 1 aliphatic heterocycles. The molecule has 0 bridgehead atoms. The molecule has 1 unspecified atom stereocenters. The van der Waals surface area contributed by atoms with Crippen molar-refractivity contribution in [2.45, 2.75) is 4.05 Å². The number of benzene rings is 3. The lowest BCUT2D eigenvalue weighted by Crippen LogP contribution is -2.48. The maximum atomic E-state index is 13.5. The number of nitrogens with zero attached hydrogens (tertiary/aromatic N) is 4. The summed E-state index contributed by atoms with van der Waals surface area (Å²) in [6.07, 6.45) is 0. The summed E-state index contributed by atoms with van der Waals surface area (Å²) < 4.78 is 13.0. The van der Waals surface area contributed by atoms with Gasteiger partial charge < -0.3 is 0 Å². The predicted molar refractivity (Wildman–Crippen MR) is 136 cm³/mol. The minimum atomic E-state index is -0.492. The van der Waals surface area contributed by atoms with E-state index >= 15 is 0 Å². The first-order chi connectivity index (χ1) is 16.9. The normalized spacial score (nSPS) is 14.7. The second kappa shape index (κ2) is 9.25. The standard InChI is InChI=1S/C24H16FIN6O3/c25-17-11-9-14(10-12-17)19-20-21(29-28-19)22(26)31(30-24(33)15-5-2-1-3-6-15)23(27-20)16-7-4-8-18(13-16)32(34)35/h1-13,22H,(H,28,29)(H,30,33). The molecule has 0 saturated heterocycles. The maximum absolute atomic E-state index is 13.5. The number of nitro benzene ring substituents is 1. The average Bonchev–Trinajstić information content (AvgIpc) is 3.31. The third-order valence-corrected chi connectivity index (χ3v) is 6.55. The van der Waals surface area contributed by atoms with E-state index in [9.17, 15) is 19.3 Å². The number of halogens is 2. The molecule has 9 nitrogen and oxygen atoms in total. The SMILES string of the molecule is O=C(NN1C(c2cccc([N+](=O)[O-])c2)=Nc2c(-c3ccc(F)cc3)n[nH]c2C1I)c1ccccc1. The van der Waals surface area contributed by atoms with Gasteiger partial charge in [-0.2, -0.15) is 5.10 Å². The van der Waals surface area contributed by atoms with Crippen molar-refractivity contribution in [2.75, 3.05) is 0 Å². The molecule has 3 aromatic carbocycles. The number of carbonyl (C=O) groups excluding carboxylic acids is 1. The van der Waals surface area contributed by atoms with E-state index in [1.165, 1.54) is 24.3 Å². The number of hydrazine groups is 1. The highest BCUT2D eigenvalue weighted by Crippen LogP contribution is 2.43. The number of rotatable bonds is 5. The second-order valence-corrected chi connectivity index (χ2v) is 8.78. The Morgan fingerprint density at radius 1 is 1.06 bits per heavy atom. The highest BCUT2D eigenvalue weighted by molar-refractivity contribution is 14.1. The van der Waals surface area contributed by atoms with Gasteiger partial charge in [-0.3, -0.25) is 25.4 Å². The maximum Gasteiger partial charge on any atom is 0.270 e. The lowest BCUT2D eigenvalue weighted by Gasteiger charge is -2.33. The molecule has 2 N–H and O–H groups in total. The fourth-order valence-corrected chi connectivity index (χ4v) is 4.51. The molecule has 4 aromatic rings.